The molecule has 13 heavy (non-hydrogen) atoms. The molecule has 0 unspecified atom stereocenters. The van der Waals surface area contributed by atoms with Crippen LogP contribution < -0.4 is 11.1 Å². The van der Waals surface area contributed by atoms with Gasteiger partial charge in [0.1, 0.15) is 5.70 Å². The van der Waals surface area contributed by atoms with Gasteiger partial charge in [0.2, 0.25) is 0 Å². The molecule has 0 saturated heterocycles. The number of hydrogen-bond acceptors (Lipinski definition) is 3. The summed E-state index contributed by atoms with van der Waals surface area (Å²) in [4.78, 5) is 21.7. The zero-order chi connectivity index (χ0) is 10.4. The van der Waals surface area contributed by atoms with Gasteiger partial charge < -0.3 is 15.8 Å². The monoisotopic (exact) mass is 186 g/mol. The molecule has 0 aromatic rings. The Labute approximate surface area is 76.9 Å². The van der Waals surface area contributed by atoms with Crippen molar-refractivity contribution in [1.29, 1.82) is 0 Å². The molecule has 0 aliphatic carbocycles. The number of nitrogens with one attached hydrogen (secondary N) is 1. The Morgan fingerprint density at radius 2 is 1.92 bits per heavy atom. The fourth-order valence-corrected chi connectivity index (χ4v) is 0.707. The van der Waals surface area contributed by atoms with Crippen molar-refractivity contribution in [3.63, 3.8) is 0 Å². The van der Waals surface area contributed by atoms with E-state index in [1.807, 2.05) is 0 Å². The van der Waals surface area contributed by atoms with Crippen molar-refractivity contribution in [2.24, 2.45) is 5.73 Å². The highest BCUT2D eigenvalue weighted by Crippen LogP contribution is 2.01. The summed E-state index contributed by atoms with van der Waals surface area (Å²) in [5.74, 6) is -0.568. The van der Waals surface area contributed by atoms with Crippen molar-refractivity contribution in [3.8, 4) is 0 Å². The van der Waals surface area contributed by atoms with E-state index in [2.05, 4.69) is 5.32 Å². The molecule has 0 aliphatic rings. The second-order valence-corrected chi connectivity index (χ2v) is 2.58. The topological polar surface area (TPSA) is 81.4 Å². The number of hydrogen-bond donors (Lipinski definition) is 2. The molecule has 0 saturated carbocycles. The molecule has 0 aromatic carbocycles. The van der Waals surface area contributed by atoms with E-state index >= 15 is 0 Å². The van der Waals surface area contributed by atoms with Gasteiger partial charge in [0.15, 0.2) is 0 Å². The summed E-state index contributed by atoms with van der Waals surface area (Å²) >= 11 is 0. The smallest absolute Gasteiger partial charge is 0.354 e. The van der Waals surface area contributed by atoms with Crippen LogP contribution in [-0.2, 0) is 9.53 Å². The molecule has 5 heteroatoms. The van der Waals surface area contributed by atoms with E-state index in [0.29, 0.717) is 5.57 Å². The number of amides is 2. The van der Waals surface area contributed by atoms with Crippen LogP contribution in [-0.4, -0.2) is 18.6 Å². The molecule has 0 heterocycles. The molecular weight excluding hydrogens is 172 g/mol. The fraction of sp³-hybridized carbons (Fsp3) is 0.500. The van der Waals surface area contributed by atoms with Gasteiger partial charge in [0, 0.05) is 0 Å². The predicted octanol–water partition coefficient (Wildman–Crippen LogP) is 0.512. The van der Waals surface area contributed by atoms with Gasteiger partial charge in [0.05, 0.1) is 6.61 Å². The first-order valence-corrected chi connectivity index (χ1v) is 3.90. The molecular formula is C8H14N2O3. The molecule has 0 bridgehead atoms. The zero-order valence-corrected chi connectivity index (χ0v) is 8.01. The van der Waals surface area contributed by atoms with Gasteiger partial charge in [-0.1, -0.05) is 0 Å². The Kier molecular flexibility index (Phi) is 4.58. The minimum atomic E-state index is -0.774. The Morgan fingerprint density at radius 1 is 1.38 bits per heavy atom. The third-order valence-corrected chi connectivity index (χ3v) is 1.23. The predicted molar refractivity (Wildman–Crippen MR) is 47.7 cm³/mol. The quantitative estimate of drug-likeness (QED) is 0.497. The Hall–Kier alpha value is -1.52. The average molecular weight is 186 g/mol. The molecule has 0 rings (SSSR count). The van der Waals surface area contributed by atoms with Crippen molar-refractivity contribution in [1.82, 2.24) is 5.32 Å². The van der Waals surface area contributed by atoms with Gasteiger partial charge in [-0.05, 0) is 26.3 Å². The van der Waals surface area contributed by atoms with E-state index < -0.39 is 12.0 Å². The molecule has 3 N–H and O–H groups in total. The van der Waals surface area contributed by atoms with Crippen molar-refractivity contribution < 1.29 is 14.3 Å². The van der Waals surface area contributed by atoms with Crippen LogP contribution in [0, 0.1) is 0 Å². The highest BCUT2D eigenvalue weighted by Gasteiger charge is 2.13. The van der Waals surface area contributed by atoms with Crippen molar-refractivity contribution >= 4 is 12.0 Å². The summed E-state index contributed by atoms with van der Waals surface area (Å²) in [6.45, 7) is 5.31. The second-order valence-electron chi connectivity index (χ2n) is 2.58. The van der Waals surface area contributed by atoms with Crippen LogP contribution in [0.5, 0.6) is 0 Å². The van der Waals surface area contributed by atoms with E-state index in [1.165, 1.54) is 0 Å². The average Bonchev–Trinajstić information content (AvgIpc) is 1.99. The minimum absolute atomic E-state index is 0.106. The molecule has 0 aromatic heterocycles. The molecule has 0 fully saturated rings. The summed E-state index contributed by atoms with van der Waals surface area (Å²) in [5.41, 5.74) is 5.63. The largest absolute Gasteiger partial charge is 0.461 e. The van der Waals surface area contributed by atoms with Gasteiger partial charge >= 0.3 is 12.0 Å². The van der Waals surface area contributed by atoms with Crippen LogP contribution in [0.1, 0.15) is 20.8 Å². The molecule has 0 radical (unpaired) electrons. The number of ether oxygens (including phenoxy) is 1. The molecule has 0 atom stereocenters. The Morgan fingerprint density at radius 3 is 2.23 bits per heavy atom. The first kappa shape index (κ1) is 11.5. The summed E-state index contributed by atoms with van der Waals surface area (Å²) in [6, 6.07) is -0.774. The standard InChI is InChI=1S/C8H14N2O3/c1-4-13-7(11)6(5(2)3)10-8(9)12/h4H2,1-3H3,(H3,9,10,12). The normalized spacial score (nSPS) is 8.85. The molecule has 2 amide bonds. The van der Waals surface area contributed by atoms with E-state index in [-0.39, 0.29) is 12.3 Å². The number of carbonyl (C=O) groups excluding carboxylic acids is 2. The minimum Gasteiger partial charge on any atom is -0.461 e. The van der Waals surface area contributed by atoms with E-state index in [1.54, 1.807) is 20.8 Å². The number of carbonyl (C=O) groups is 2. The first-order valence-electron chi connectivity index (χ1n) is 3.90. The number of nitrogens with two attached hydrogens (primary N) is 1. The number of primary amides is 1. The lowest BCUT2D eigenvalue weighted by molar-refractivity contribution is -0.138. The van der Waals surface area contributed by atoms with Gasteiger partial charge in [-0.3, -0.25) is 0 Å². The van der Waals surface area contributed by atoms with Crippen LogP contribution in [0.4, 0.5) is 4.79 Å². The molecule has 74 valence electrons. The highest BCUT2D eigenvalue weighted by atomic mass is 16.5. The third kappa shape index (κ3) is 4.15. The second kappa shape index (κ2) is 5.18. The fourth-order valence-electron chi connectivity index (χ4n) is 0.707. The number of urea groups is 1. The maximum absolute atomic E-state index is 11.2. The van der Waals surface area contributed by atoms with Crippen LogP contribution >= 0.6 is 0 Å². The molecule has 0 spiro atoms. The van der Waals surface area contributed by atoms with Crippen LogP contribution in [0.3, 0.4) is 0 Å². The summed E-state index contributed by atoms with van der Waals surface area (Å²) in [5, 5.41) is 2.21. The maximum atomic E-state index is 11.2. The van der Waals surface area contributed by atoms with Crippen molar-refractivity contribution in [3.05, 3.63) is 11.3 Å². The first-order chi connectivity index (χ1) is 5.99. The van der Waals surface area contributed by atoms with Crippen molar-refractivity contribution in [2.75, 3.05) is 6.61 Å². The lowest BCUT2D eigenvalue weighted by atomic mass is 10.2. The highest BCUT2D eigenvalue weighted by molar-refractivity contribution is 5.93. The van der Waals surface area contributed by atoms with Crippen LogP contribution in [0.25, 0.3) is 0 Å². The van der Waals surface area contributed by atoms with Gasteiger partial charge in [-0.25, -0.2) is 9.59 Å². The Bertz CT molecular complexity index is 242. The molecule has 5 nitrogen and oxygen atoms in total. The van der Waals surface area contributed by atoms with Crippen LogP contribution in [0.2, 0.25) is 0 Å². The SMILES string of the molecule is CCOC(=O)C(NC(N)=O)=C(C)C. The number of esters is 1. The summed E-state index contributed by atoms with van der Waals surface area (Å²) < 4.78 is 4.70. The van der Waals surface area contributed by atoms with E-state index in [4.69, 9.17) is 10.5 Å². The van der Waals surface area contributed by atoms with Gasteiger partial charge in [-0.15, -0.1) is 0 Å². The lowest BCUT2D eigenvalue weighted by Gasteiger charge is -2.08. The van der Waals surface area contributed by atoms with E-state index in [0.717, 1.165) is 0 Å². The number of allylic oxidation sites excluding steroid dienone is 1. The van der Waals surface area contributed by atoms with Crippen LogP contribution in [0.15, 0.2) is 11.3 Å². The molecule has 0 aliphatic heterocycles. The third-order valence-electron chi connectivity index (χ3n) is 1.23. The van der Waals surface area contributed by atoms with E-state index in [9.17, 15) is 9.59 Å². The van der Waals surface area contributed by atoms with Crippen molar-refractivity contribution in [2.45, 2.75) is 20.8 Å². The number of rotatable bonds is 3. The van der Waals surface area contributed by atoms with Gasteiger partial charge in [0.25, 0.3) is 0 Å². The van der Waals surface area contributed by atoms with Gasteiger partial charge in [-0.2, -0.15) is 0 Å². The lowest BCUT2D eigenvalue weighted by Crippen LogP contribution is -2.33. The summed E-state index contributed by atoms with van der Waals surface area (Å²) in [6.07, 6.45) is 0. The Balaban J connectivity index is 4.54. The summed E-state index contributed by atoms with van der Waals surface area (Å²) in [7, 11) is 0. The zero-order valence-electron chi connectivity index (χ0n) is 8.01. The maximum Gasteiger partial charge on any atom is 0.354 e.